The number of anilines is 1. The van der Waals surface area contributed by atoms with E-state index in [9.17, 15) is 9.59 Å². The summed E-state index contributed by atoms with van der Waals surface area (Å²) in [5.41, 5.74) is 0.764. The third-order valence-corrected chi connectivity index (χ3v) is 4.37. The van der Waals surface area contributed by atoms with Crippen LogP contribution in [-0.4, -0.2) is 56.2 Å². The maximum atomic E-state index is 12.6. The highest BCUT2D eigenvalue weighted by Gasteiger charge is 2.31. The van der Waals surface area contributed by atoms with E-state index in [1.54, 1.807) is 9.80 Å². The fraction of sp³-hybridized carbons (Fsp3) is 0.556. The number of fused-ring (bicyclic) bond motifs is 1. The lowest BCUT2D eigenvalue weighted by molar-refractivity contribution is -0.121. The van der Waals surface area contributed by atoms with E-state index in [0.29, 0.717) is 44.3 Å². The third-order valence-electron chi connectivity index (χ3n) is 4.37. The van der Waals surface area contributed by atoms with Gasteiger partial charge in [0.1, 0.15) is 19.8 Å². The predicted molar refractivity (Wildman–Crippen MR) is 94.3 cm³/mol. The summed E-state index contributed by atoms with van der Waals surface area (Å²) in [5, 5.41) is 2.87. The van der Waals surface area contributed by atoms with Crippen LogP contribution in [0.3, 0.4) is 0 Å². The second-order valence-corrected chi connectivity index (χ2v) is 6.24. The Hall–Kier alpha value is -2.44. The number of rotatable bonds is 7. The number of nitrogens with one attached hydrogen (secondary N) is 1. The lowest BCUT2D eigenvalue weighted by Gasteiger charge is -2.22. The Morgan fingerprint density at radius 1 is 1.16 bits per heavy atom. The molecule has 1 saturated heterocycles. The zero-order chi connectivity index (χ0) is 17.6. The van der Waals surface area contributed by atoms with Crippen molar-refractivity contribution in [3.8, 4) is 11.5 Å². The van der Waals surface area contributed by atoms with Gasteiger partial charge in [-0.05, 0) is 18.6 Å². The zero-order valence-corrected chi connectivity index (χ0v) is 14.6. The van der Waals surface area contributed by atoms with Crippen LogP contribution in [0.25, 0.3) is 0 Å². The van der Waals surface area contributed by atoms with E-state index in [1.165, 1.54) is 0 Å². The van der Waals surface area contributed by atoms with Crippen molar-refractivity contribution in [1.29, 1.82) is 0 Å². The van der Waals surface area contributed by atoms with Crippen molar-refractivity contribution in [2.45, 2.75) is 26.2 Å². The minimum atomic E-state index is -0.152. The summed E-state index contributed by atoms with van der Waals surface area (Å²) >= 11 is 0. The SMILES string of the molecule is CCCCCNC(=O)CN1CCN(c2ccc3c(c2)OCCO3)C1=O. The van der Waals surface area contributed by atoms with Crippen LogP contribution >= 0.6 is 0 Å². The van der Waals surface area contributed by atoms with Crippen LogP contribution in [0.1, 0.15) is 26.2 Å². The van der Waals surface area contributed by atoms with Gasteiger partial charge in [0.25, 0.3) is 0 Å². The zero-order valence-electron chi connectivity index (χ0n) is 14.6. The summed E-state index contributed by atoms with van der Waals surface area (Å²) in [4.78, 5) is 27.8. The fourth-order valence-electron chi connectivity index (χ4n) is 3.00. The average molecular weight is 347 g/mol. The molecular formula is C18H25N3O4. The molecule has 25 heavy (non-hydrogen) atoms. The maximum Gasteiger partial charge on any atom is 0.325 e. The normalized spacial score (nSPS) is 16.3. The van der Waals surface area contributed by atoms with Crippen molar-refractivity contribution in [3.05, 3.63) is 18.2 Å². The Balaban J connectivity index is 1.55. The lowest BCUT2D eigenvalue weighted by atomic mass is 10.2. The monoisotopic (exact) mass is 347 g/mol. The first-order valence-corrected chi connectivity index (χ1v) is 8.92. The number of hydrogen-bond acceptors (Lipinski definition) is 4. The molecule has 0 saturated carbocycles. The topological polar surface area (TPSA) is 71.1 Å². The Morgan fingerprint density at radius 2 is 1.96 bits per heavy atom. The number of unbranched alkanes of at least 4 members (excludes halogenated alkanes) is 2. The third kappa shape index (κ3) is 4.15. The van der Waals surface area contributed by atoms with Gasteiger partial charge in [-0.25, -0.2) is 4.79 Å². The Morgan fingerprint density at radius 3 is 2.76 bits per heavy atom. The van der Waals surface area contributed by atoms with Crippen LogP contribution in [0, 0.1) is 0 Å². The molecule has 0 aliphatic carbocycles. The van der Waals surface area contributed by atoms with Crippen molar-refractivity contribution in [3.63, 3.8) is 0 Å². The van der Waals surface area contributed by atoms with Crippen molar-refractivity contribution in [2.75, 3.05) is 44.3 Å². The maximum absolute atomic E-state index is 12.6. The first-order chi connectivity index (χ1) is 12.2. The van der Waals surface area contributed by atoms with Crippen LogP contribution in [-0.2, 0) is 4.79 Å². The van der Waals surface area contributed by atoms with Crippen molar-refractivity contribution in [2.24, 2.45) is 0 Å². The first-order valence-electron chi connectivity index (χ1n) is 8.92. The molecule has 1 aromatic carbocycles. The highest BCUT2D eigenvalue weighted by atomic mass is 16.6. The summed E-state index contributed by atoms with van der Waals surface area (Å²) in [6.45, 7) is 5.03. The Bertz CT molecular complexity index is 635. The van der Waals surface area contributed by atoms with E-state index < -0.39 is 0 Å². The second kappa shape index (κ2) is 8.09. The second-order valence-electron chi connectivity index (χ2n) is 6.24. The van der Waals surface area contributed by atoms with Crippen LogP contribution < -0.4 is 19.7 Å². The number of carbonyl (C=O) groups is 2. The highest BCUT2D eigenvalue weighted by Crippen LogP contribution is 2.34. The molecule has 3 rings (SSSR count). The summed E-state index contributed by atoms with van der Waals surface area (Å²) in [7, 11) is 0. The van der Waals surface area contributed by atoms with E-state index in [2.05, 4.69) is 12.2 Å². The molecular weight excluding hydrogens is 322 g/mol. The summed E-state index contributed by atoms with van der Waals surface area (Å²) in [5.74, 6) is 1.25. The number of urea groups is 1. The first kappa shape index (κ1) is 17.4. The standard InChI is InChI=1S/C18H25N3O4/c1-2-3-4-7-19-17(22)13-20-8-9-21(18(20)23)14-5-6-15-16(12-14)25-11-10-24-15/h5-6,12H,2-4,7-11,13H2,1H3,(H,19,22). The lowest BCUT2D eigenvalue weighted by Crippen LogP contribution is -2.40. The smallest absolute Gasteiger partial charge is 0.325 e. The molecule has 0 atom stereocenters. The van der Waals surface area contributed by atoms with Crippen molar-refractivity contribution < 1.29 is 19.1 Å². The number of amides is 3. The van der Waals surface area contributed by atoms with Gasteiger partial charge in [-0.1, -0.05) is 19.8 Å². The quantitative estimate of drug-likeness (QED) is 0.766. The molecule has 1 N–H and O–H groups in total. The summed E-state index contributed by atoms with van der Waals surface area (Å²) < 4.78 is 11.1. The van der Waals surface area contributed by atoms with E-state index in [0.717, 1.165) is 24.9 Å². The predicted octanol–water partition coefficient (Wildman–Crippen LogP) is 2.01. The molecule has 1 aromatic rings. The van der Waals surface area contributed by atoms with Crippen LogP contribution in [0.15, 0.2) is 18.2 Å². The summed E-state index contributed by atoms with van der Waals surface area (Å²) in [6.07, 6.45) is 3.19. The number of nitrogens with zero attached hydrogens (tertiary/aromatic N) is 2. The molecule has 0 aromatic heterocycles. The molecule has 0 radical (unpaired) electrons. The van der Waals surface area contributed by atoms with Gasteiger partial charge in [-0.15, -0.1) is 0 Å². The molecule has 2 aliphatic heterocycles. The molecule has 0 spiro atoms. The molecule has 136 valence electrons. The van der Waals surface area contributed by atoms with E-state index >= 15 is 0 Å². The van der Waals surface area contributed by atoms with Gasteiger partial charge in [-0.2, -0.15) is 0 Å². The van der Waals surface area contributed by atoms with Crippen LogP contribution in [0.5, 0.6) is 11.5 Å². The van der Waals surface area contributed by atoms with E-state index in [4.69, 9.17) is 9.47 Å². The fourth-order valence-corrected chi connectivity index (χ4v) is 3.00. The molecule has 2 heterocycles. The number of ether oxygens (including phenoxy) is 2. The molecule has 7 nitrogen and oxygen atoms in total. The molecule has 0 bridgehead atoms. The van der Waals surface area contributed by atoms with Gasteiger partial charge < -0.3 is 19.7 Å². The largest absolute Gasteiger partial charge is 0.486 e. The van der Waals surface area contributed by atoms with Crippen LogP contribution in [0.4, 0.5) is 10.5 Å². The molecule has 7 heteroatoms. The van der Waals surface area contributed by atoms with Gasteiger partial charge in [0.2, 0.25) is 5.91 Å². The van der Waals surface area contributed by atoms with Gasteiger partial charge in [0.05, 0.1) is 0 Å². The minimum Gasteiger partial charge on any atom is -0.486 e. The van der Waals surface area contributed by atoms with Crippen molar-refractivity contribution >= 4 is 17.6 Å². The van der Waals surface area contributed by atoms with E-state index in [1.807, 2.05) is 18.2 Å². The van der Waals surface area contributed by atoms with E-state index in [-0.39, 0.29) is 18.5 Å². The van der Waals surface area contributed by atoms with Gasteiger partial charge >= 0.3 is 6.03 Å². The van der Waals surface area contributed by atoms with Crippen molar-refractivity contribution in [1.82, 2.24) is 10.2 Å². The van der Waals surface area contributed by atoms with Gasteiger partial charge in [-0.3, -0.25) is 9.69 Å². The average Bonchev–Trinajstić information content (AvgIpc) is 2.99. The van der Waals surface area contributed by atoms with Crippen LogP contribution in [0.2, 0.25) is 0 Å². The van der Waals surface area contributed by atoms with Gasteiger partial charge in [0.15, 0.2) is 11.5 Å². The minimum absolute atomic E-state index is 0.103. The Kier molecular flexibility index (Phi) is 5.63. The Labute approximate surface area is 147 Å². The molecule has 1 fully saturated rings. The molecule has 2 aliphatic rings. The highest BCUT2D eigenvalue weighted by molar-refractivity contribution is 5.96. The number of benzene rings is 1. The van der Waals surface area contributed by atoms with Gasteiger partial charge in [0, 0.05) is 31.4 Å². The number of hydrogen-bond donors (Lipinski definition) is 1. The summed E-state index contributed by atoms with van der Waals surface area (Å²) in [6, 6.07) is 5.33. The number of carbonyl (C=O) groups excluding carboxylic acids is 2. The molecule has 0 unspecified atom stereocenters. The molecule has 3 amide bonds.